The molecule has 0 aromatic rings. The van der Waals surface area contributed by atoms with Crippen molar-refractivity contribution in [2.24, 2.45) is 0 Å². The molecule has 6 nitrogen and oxygen atoms in total. The minimum atomic E-state index is -0.697. The summed E-state index contributed by atoms with van der Waals surface area (Å²) in [6.45, 7) is 6.15. The van der Waals surface area contributed by atoms with E-state index in [2.05, 4.69) is 6.58 Å². The summed E-state index contributed by atoms with van der Waals surface area (Å²) in [6, 6.07) is 0. The van der Waals surface area contributed by atoms with E-state index in [0.29, 0.717) is 25.9 Å². The molecule has 0 bridgehead atoms. The quantitative estimate of drug-likeness (QED) is 0.723. The lowest BCUT2D eigenvalue weighted by atomic mass is 9.73. The van der Waals surface area contributed by atoms with E-state index in [1.165, 1.54) is 6.08 Å². The highest BCUT2D eigenvalue weighted by atomic mass is 16.2. The Balaban J connectivity index is 1.60. The molecular weight excluding hydrogens is 306 g/mol. The average Bonchev–Trinajstić information content (AvgIpc) is 3.13. The van der Waals surface area contributed by atoms with Gasteiger partial charge in [0.15, 0.2) is 0 Å². The van der Waals surface area contributed by atoms with Crippen molar-refractivity contribution in [3.05, 3.63) is 12.7 Å². The van der Waals surface area contributed by atoms with Crippen LogP contribution in [0.1, 0.15) is 44.9 Å². The van der Waals surface area contributed by atoms with E-state index >= 15 is 0 Å². The van der Waals surface area contributed by atoms with Crippen LogP contribution in [-0.4, -0.2) is 69.7 Å². The number of hydrogen-bond donors (Lipinski definition) is 0. The largest absolute Gasteiger partial charge is 0.341 e. The summed E-state index contributed by atoms with van der Waals surface area (Å²) in [7, 11) is 0. The molecule has 24 heavy (non-hydrogen) atoms. The first-order chi connectivity index (χ1) is 11.5. The van der Waals surface area contributed by atoms with Crippen molar-refractivity contribution in [2.75, 3.05) is 26.2 Å². The number of piperazine rings is 1. The van der Waals surface area contributed by atoms with Gasteiger partial charge in [0.05, 0.1) is 0 Å². The van der Waals surface area contributed by atoms with Crippen molar-refractivity contribution < 1.29 is 14.4 Å². The molecule has 2 aliphatic carbocycles. The standard InChI is InChI=1S/C18H25N3O3/c1-2-14(22)20-12-13-21(16(24)18(20)8-9-18)17(6-5-7-17)15(23)19-10-3-4-11-19/h2H,1,3-13H2. The highest BCUT2D eigenvalue weighted by Crippen LogP contribution is 2.50. The van der Waals surface area contributed by atoms with Crippen molar-refractivity contribution in [1.82, 2.24) is 14.7 Å². The van der Waals surface area contributed by atoms with Gasteiger partial charge in [-0.15, -0.1) is 0 Å². The number of carbonyl (C=O) groups is 3. The predicted molar refractivity (Wildman–Crippen MR) is 88.0 cm³/mol. The van der Waals surface area contributed by atoms with Crippen LogP contribution in [0.25, 0.3) is 0 Å². The van der Waals surface area contributed by atoms with Gasteiger partial charge in [0.25, 0.3) is 0 Å². The molecule has 0 radical (unpaired) electrons. The Morgan fingerprint density at radius 1 is 0.958 bits per heavy atom. The summed E-state index contributed by atoms with van der Waals surface area (Å²) in [4.78, 5) is 43.9. The van der Waals surface area contributed by atoms with E-state index < -0.39 is 11.1 Å². The number of likely N-dealkylation sites (tertiary alicyclic amines) is 1. The Morgan fingerprint density at radius 3 is 2.12 bits per heavy atom. The third kappa shape index (κ3) is 1.98. The highest BCUT2D eigenvalue weighted by molar-refractivity contribution is 6.01. The van der Waals surface area contributed by atoms with Crippen LogP contribution in [0.2, 0.25) is 0 Å². The zero-order valence-electron chi connectivity index (χ0n) is 14.1. The second kappa shape index (κ2) is 5.33. The number of nitrogens with zero attached hydrogens (tertiary/aromatic N) is 3. The van der Waals surface area contributed by atoms with Gasteiger partial charge in [-0.1, -0.05) is 6.58 Å². The average molecular weight is 331 g/mol. The van der Waals surface area contributed by atoms with Crippen LogP contribution in [0, 0.1) is 0 Å². The van der Waals surface area contributed by atoms with Crippen LogP contribution < -0.4 is 0 Å². The Bertz CT molecular complexity index is 601. The number of hydrogen-bond acceptors (Lipinski definition) is 3. The third-order valence-electron chi connectivity index (χ3n) is 6.36. The normalized spacial score (nSPS) is 27.2. The molecule has 2 aliphatic heterocycles. The minimum absolute atomic E-state index is 0.0174. The molecule has 2 saturated carbocycles. The molecule has 0 N–H and O–H groups in total. The Labute approximate surface area is 142 Å². The SMILES string of the molecule is C=CC(=O)N1CCN(C2(C(=O)N3CCCC3)CCC2)C(=O)C12CC2. The molecule has 130 valence electrons. The maximum atomic E-state index is 13.2. The summed E-state index contributed by atoms with van der Waals surface area (Å²) in [5.41, 5.74) is -1.34. The Kier molecular flexibility index (Phi) is 3.48. The number of rotatable bonds is 3. The Hall–Kier alpha value is -1.85. The van der Waals surface area contributed by atoms with Gasteiger partial charge in [-0.3, -0.25) is 14.4 Å². The molecule has 4 fully saturated rings. The summed E-state index contributed by atoms with van der Waals surface area (Å²) in [5, 5.41) is 0. The summed E-state index contributed by atoms with van der Waals surface area (Å²) >= 11 is 0. The van der Waals surface area contributed by atoms with Gasteiger partial charge in [-0.25, -0.2) is 0 Å². The van der Waals surface area contributed by atoms with Crippen molar-refractivity contribution in [2.45, 2.75) is 56.0 Å². The van der Waals surface area contributed by atoms with Crippen LogP contribution in [-0.2, 0) is 14.4 Å². The molecule has 2 heterocycles. The van der Waals surface area contributed by atoms with Crippen molar-refractivity contribution in [3.8, 4) is 0 Å². The van der Waals surface area contributed by atoms with E-state index in [-0.39, 0.29) is 17.7 Å². The molecular formula is C18H25N3O3. The van der Waals surface area contributed by atoms with Gasteiger partial charge in [0.2, 0.25) is 17.7 Å². The van der Waals surface area contributed by atoms with Gasteiger partial charge in [0.1, 0.15) is 11.1 Å². The van der Waals surface area contributed by atoms with E-state index in [1.807, 2.05) is 9.80 Å². The molecule has 3 amide bonds. The maximum absolute atomic E-state index is 13.2. The Morgan fingerprint density at radius 2 is 1.62 bits per heavy atom. The molecule has 0 aromatic carbocycles. The molecule has 4 aliphatic rings. The molecule has 4 rings (SSSR count). The highest BCUT2D eigenvalue weighted by Gasteiger charge is 2.64. The molecule has 0 atom stereocenters. The lowest BCUT2D eigenvalue weighted by Gasteiger charge is -2.54. The maximum Gasteiger partial charge on any atom is 0.249 e. The van der Waals surface area contributed by atoms with E-state index in [9.17, 15) is 14.4 Å². The predicted octanol–water partition coefficient (Wildman–Crippen LogP) is 0.921. The molecule has 0 unspecified atom stereocenters. The summed E-state index contributed by atoms with van der Waals surface area (Å²) in [6.07, 6.45) is 7.33. The zero-order valence-corrected chi connectivity index (χ0v) is 14.1. The first kappa shape index (κ1) is 15.7. The van der Waals surface area contributed by atoms with Gasteiger partial charge >= 0.3 is 0 Å². The fourth-order valence-electron chi connectivity index (χ4n) is 4.65. The smallest absolute Gasteiger partial charge is 0.249 e. The topological polar surface area (TPSA) is 60.9 Å². The van der Waals surface area contributed by atoms with E-state index in [0.717, 1.165) is 45.2 Å². The third-order valence-corrected chi connectivity index (χ3v) is 6.36. The summed E-state index contributed by atoms with van der Waals surface area (Å²) < 4.78 is 0. The fourth-order valence-corrected chi connectivity index (χ4v) is 4.65. The van der Waals surface area contributed by atoms with Gasteiger partial charge in [-0.05, 0) is 51.0 Å². The van der Waals surface area contributed by atoms with Crippen LogP contribution >= 0.6 is 0 Å². The minimum Gasteiger partial charge on any atom is -0.341 e. The van der Waals surface area contributed by atoms with E-state index in [1.54, 1.807) is 4.90 Å². The summed E-state index contributed by atoms with van der Waals surface area (Å²) in [5.74, 6) is -0.0517. The van der Waals surface area contributed by atoms with E-state index in [4.69, 9.17) is 0 Å². The van der Waals surface area contributed by atoms with Crippen LogP contribution in [0.5, 0.6) is 0 Å². The van der Waals surface area contributed by atoms with Gasteiger partial charge in [0, 0.05) is 26.2 Å². The van der Waals surface area contributed by atoms with Crippen LogP contribution in [0.3, 0.4) is 0 Å². The van der Waals surface area contributed by atoms with Gasteiger partial charge in [-0.2, -0.15) is 0 Å². The van der Waals surface area contributed by atoms with Gasteiger partial charge < -0.3 is 14.7 Å². The monoisotopic (exact) mass is 331 g/mol. The van der Waals surface area contributed by atoms with Crippen LogP contribution in [0.15, 0.2) is 12.7 Å². The second-order valence-corrected chi connectivity index (χ2v) is 7.57. The van der Waals surface area contributed by atoms with Crippen molar-refractivity contribution >= 4 is 17.7 Å². The van der Waals surface area contributed by atoms with Crippen LogP contribution in [0.4, 0.5) is 0 Å². The lowest BCUT2D eigenvalue weighted by Crippen LogP contribution is -2.72. The number of amides is 3. The first-order valence-corrected chi connectivity index (χ1v) is 9.11. The molecule has 1 spiro atoms. The lowest BCUT2D eigenvalue weighted by molar-refractivity contribution is -0.171. The van der Waals surface area contributed by atoms with Crippen molar-refractivity contribution in [1.29, 1.82) is 0 Å². The first-order valence-electron chi connectivity index (χ1n) is 9.11. The molecule has 6 heteroatoms. The fraction of sp³-hybridized carbons (Fsp3) is 0.722. The number of carbonyl (C=O) groups excluding carboxylic acids is 3. The molecule has 0 aromatic heterocycles. The molecule has 2 saturated heterocycles. The second-order valence-electron chi connectivity index (χ2n) is 7.57. The van der Waals surface area contributed by atoms with Crippen molar-refractivity contribution in [3.63, 3.8) is 0 Å². The zero-order chi connectivity index (χ0) is 16.9.